The molecular weight excluding hydrogens is 665 g/mol. The minimum atomic E-state index is -0.604. The van der Waals surface area contributed by atoms with Crippen molar-refractivity contribution in [2.24, 2.45) is 0 Å². The Balaban J connectivity index is 1.19. The Morgan fingerprint density at radius 1 is 0.291 bits per heavy atom. The first kappa shape index (κ1) is 30.5. The third-order valence-electron chi connectivity index (χ3n) is 12.6. The molecule has 3 aliphatic rings. The fraction of sp³-hybridized carbons (Fsp3) is 0.0370. The van der Waals surface area contributed by atoms with Gasteiger partial charge in [0.15, 0.2) is 0 Å². The summed E-state index contributed by atoms with van der Waals surface area (Å²) in [6.45, 7) is 0. The van der Waals surface area contributed by atoms with Crippen molar-refractivity contribution >= 4 is 10.8 Å². The van der Waals surface area contributed by atoms with E-state index in [9.17, 15) is 0 Å². The fourth-order valence-electron chi connectivity index (χ4n) is 10.5. The van der Waals surface area contributed by atoms with Gasteiger partial charge in [0.2, 0.25) is 0 Å². The molecule has 2 aliphatic carbocycles. The highest BCUT2D eigenvalue weighted by Gasteiger charge is 2.53. The molecule has 1 spiro atoms. The Morgan fingerprint density at radius 2 is 0.818 bits per heavy atom. The molecule has 0 N–H and O–H groups in total. The van der Waals surface area contributed by atoms with E-state index < -0.39 is 10.8 Å². The van der Waals surface area contributed by atoms with Crippen LogP contribution < -0.4 is 4.74 Å². The van der Waals surface area contributed by atoms with Crippen LogP contribution in [0.15, 0.2) is 206 Å². The number of benzene rings is 9. The first-order valence-corrected chi connectivity index (χ1v) is 19.2. The van der Waals surface area contributed by atoms with Crippen LogP contribution in [0, 0.1) is 0 Å². The average Bonchev–Trinajstić information content (AvgIpc) is 3.72. The molecule has 1 nitrogen and oxygen atoms in total. The summed E-state index contributed by atoms with van der Waals surface area (Å²) in [5.41, 5.74) is 16.6. The van der Waals surface area contributed by atoms with Gasteiger partial charge in [-0.05, 0) is 108 Å². The zero-order valence-corrected chi connectivity index (χ0v) is 30.0. The van der Waals surface area contributed by atoms with Crippen LogP contribution in [0.1, 0.15) is 44.5 Å². The lowest BCUT2D eigenvalue weighted by Crippen LogP contribution is -2.34. The molecule has 55 heavy (non-hydrogen) atoms. The highest BCUT2D eigenvalue weighted by atomic mass is 16.5. The van der Waals surface area contributed by atoms with E-state index >= 15 is 0 Å². The van der Waals surface area contributed by atoms with Crippen LogP contribution in [-0.4, -0.2) is 0 Å². The minimum absolute atomic E-state index is 0.493. The van der Waals surface area contributed by atoms with E-state index in [1.54, 1.807) is 0 Å². The van der Waals surface area contributed by atoms with Crippen molar-refractivity contribution in [3.63, 3.8) is 0 Å². The van der Waals surface area contributed by atoms with Crippen LogP contribution in [0.2, 0.25) is 0 Å². The predicted octanol–water partition coefficient (Wildman–Crippen LogP) is 13.3. The SMILES string of the molecule is c1ccc(C2(c3ccccc3)c3ccccc3Oc3ccc(-c4cccc5c4C4(c6ccccc6-c6cc7ccccc7cc64)c4ccccc4-5)cc32)cc1. The number of rotatable bonds is 3. The predicted molar refractivity (Wildman–Crippen MR) is 224 cm³/mol. The molecule has 0 bridgehead atoms. The summed E-state index contributed by atoms with van der Waals surface area (Å²) >= 11 is 0. The highest BCUT2D eigenvalue weighted by molar-refractivity contribution is 6.02. The number of ether oxygens (including phenoxy) is 1. The van der Waals surface area contributed by atoms with E-state index in [1.807, 2.05) is 0 Å². The molecule has 1 atom stereocenters. The van der Waals surface area contributed by atoms with E-state index in [4.69, 9.17) is 4.74 Å². The van der Waals surface area contributed by atoms with Crippen LogP contribution in [0.4, 0.5) is 0 Å². The third-order valence-corrected chi connectivity index (χ3v) is 12.6. The van der Waals surface area contributed by atoms with Crippen molar-refractivity contribution in [2.45, 2.75) is 10.8 Å². The van der Waals surface area contributed by atoms with Gasteiger partial charge >= 0.3 is 0 Å². The molecule has 0 fully saturated rings. The molecule has 0 amide bonds. The normalized spacial score (nSPS) is 16.4. The van der Waals surface area contributed by atoms with Gasteiger partial charge in [0, 0.05) is 11.1 Å². The highest BCUT2D eigenvalue weighted by Crippen LogP contribution is 2.65. The second kappa shape index (κ2) is 11.3. The molecule has 1 aliphatic heterocycles. The lowest BCUT2D eigenvalue weighted by molar-refractivity contribution is 0.434. The van der Waals surface area contributed by atoms with Crippen molar-refractivity contribution < 1.29 is 4.74 Å². The molecule has 0 aromatic heterocycles. The van der Waals surface area contributed by atoms with Crippen molar-refractivity contribution in [1.29, 1.82) is 0 Å². The molecule has 0 radical (unpaired) electrons. The van der Waals surface area contributed by atoms with Gasteiger partial charge in [0.1, 0.15) is 11.5 Å². The molecular formula is C54H34O. The largest absolute Gasteiger partial charge is 0.457 e. The van der Waals surface area contributed by atoms with E-state index in [2.05, 4.69) is 206 Å². The third kappa shape index (κ3) is 3.92. The second-order valence-corrected chi connectivity index (χ2v) is 15.1. The summed E-state index contributed by atoms with van der Waals surface area (Å²) in [6.07, 6.45) is 0. The van der Waals surface area contributed by atoms with Gasteiger partial charge in [-0.15, -0.1) is 0 Å². The van der Waals surface area contributed by atoms with E-state index in [-0.39, 0.29) is 0 Å². The average molecular weight is 699 g/mol. The zero-order chi connectivity index (χ0) is 36.1. The van der Waals surface area contributed by atoms with E-state index in [0.29, 0.717) is 0 Å². The maximum atomic E-state index is 6.84. The van der Waals surface area contributed by atoms with Gasteiger partial charge in [-0.2, -0.15) is 0 Å². The zero-order valence-electron chi connectivity index (χ0n) is 30.0. The molecule has 0 saturated heterocycles. The van der Waals surface area contributed by atoms with Crippen molar-refractivity contribution in [3.05, 3.63) is 251 Å². The van der Waals surface area contributed by atoms with Gasteiger partial charge in [0.25, 0.3) is 0 Å². The summed E-state index contributed by atoms with van der Waals surface area (Å²) in [5.74, 6) is 1.76. The summed E-state index contributed by atoms with van der Waals surface area (Å²) in [6, 6.07) is 76.3. The molecule has 1 heterocycles. The number of hydrogen-bond donors (Lipinski definition) is 0. The van der Waals surface area contributed by atoms with Crippen LogP contribution in [0.3, 0.4) is 0 Å². The Kier molecular flexibility index (Phi) is 6.25. The van der Waals surface area contributed by atoms with Gasteiger partial charge < -0.3 is 4.74 Å². The smallest absolute Gasteiger partial charge is 0.132 e. The van der Waals surface area contributed by atoms with Crippen LogP contribution in [0.25, 0.3) is 44.2 Å². The Hall–Kier alpha value is -6.96. The fourth-order valence-corrected chi connectivity index (χ4v) is 10.5. The molecule has 9 aromatic carbocycles. The molecule has 9 aromatic rings. The van der Waals surface area contributed by atoms with Crippen molar-refractivity contribution in [1.82, 2.24) is 0 Å². The first-order valence-electron chi connectivity index (χ1n) is 19.2. The van der Waals surface area contributed by atoms with Crippen LogP contribution in [-0.2, 0) is 10.8 Å². The maximum Gasteiger partial charge on any atom is 0.132 e. The first-order chi connectivity index (χ1) is 27.3. The Labute approximate surface area is 320 Å². The Morgan fingerprint density at radius 3 is 1.53 bits per heavy atom. The van der Waals surface area contributed by atoms with Gasteiger partial charge in [-0.25, -0.2) is 0 Å². The van der Waals surface area contributed by atoms with E-state index in [0.717, 1.165) is 22.6 Å². The minimum Gasteiger partial charge on any atom is -0.457 e. The molecule has 256 valence electrons. The van der Waals surface area contributed by atoms with Gasteiger partial charge in [0.05, 0.1) is 10.8 Å². The molecule has 1 heteroatoms. The second-order valence-electron chi connectivity index (χ2n) is 15.1. The number of para-hydroxylation sites is 1. The Bertz CT molecular complexity index is 2970. The summed E-state index contributed by atoms with van der Waals surface area (Å²) in [5, 5.41) is 2.53. The molecule has 0 saturated carbocycles. The standard InChI is InChI=1S/C54H34O/c1-3-18-38(19-4-1)53(39-20-5-2-6-21-39)47-28-13-14-29-50(47)55-51-31-30-37(34-49(51)53)40-24-15-25-43-41-22-9-11-26-45(41)54(52(40)43)46-27-12-10-23-42(46)44-32-35-16-7-8-17-36(35)33-48(44)54/h1-34H. The quantitative estimate of drug-likeness (QED) is 0.178. The lowest BCUT2D eigenvalue weighted by atomic mass is 9.63. The van der Waals surface area contributed by atoms with Crippen molar-refractivity contribution in [3.8, 4) is 44.9 Å². The lowest BCUT2D eigenvalue weighted by Gasteiger charge is -2.42. The van der Waals surface area contributed by atoms with Gasteiger partial charge in [-0.3, -0.25) is 0 Å². The molecule has 12 rings (SSSR count). The topological polar surface area (TPSA) is 9.23 Å². The number of fused-ring (bicyclic) bond motifs is 13. The van der Waals surface area contributed by atoms with E-state index in [1.165, 1.54) is 77.5 Å². The van der Waals surface area contributed by atoms with Crippen molar-refractivity contribution in [2.75, 3.05) is 0 Å². The molecule has 1 unspecified atom stereocenters. The summed E-state index contributed by atoms with van der Waals surface area (Å²) < 4.78 is 6.84. The summed E-state index contributed by atoms with van der Waals surface area (Å²) in [4.78, 5) is 0. The number of hydrogen-bond acceptors (Lipinski definition) is 1. The monoisotopic (exact) mass is 698 g/mol. The van der Waals surface area contributed by atoms with Gasteiger partial charge in [-0.1, -0.05) is 176 Å². The van der Waals surface area contributed by atoms with Crippen LogP contribution in [0.5, 0.6) is 11.5 Å². The maximum absolute atomic E-state index is 6.84. The van der Waals surface area contributed by atoms with Crippen LogP contribution >= 0.6 is 0 Å². The summed E-state index contributed by atoms with van der Waals surface area (Å²) in [7, 11) is 0.